The van der Waals surface area contributed by atoms with E-state index in [1.54, 1.807) is 0 Å². The van der Waals surface area contributed by atoms with Crippen LogP contribution in [0.25, 0.3) is 5.69 Å². The first-order valence-electron chi connectivity index (χ1n) is 5.56. The van der Waals surface area contributed by atoms with E-state index in [9.17, 15) is 0 Å². The van der Waals surface area contributed by atoms with Crippen LogP contribution in [0, 0.1) is 0 Å². The van der Waals surface area contributed by atoms with Crippen LogP contribution in [0.2, 0.25) is 5.02 Å². The van der Waals surface area contributed by atoms with Gasteiger partial charge in [-0.3, -0.25) is 0 Å². The number of nitrogens with zero attached hydrogens (tertiary/aromatic N) is 2. The molecule has 2 aromatic rings. The summed E-state index contributed by atoms with van der Waals surface area (Å²) in [6, 6.07) is 5.67. The summed E-state index contributed by atoms with van der Waals surface area (Å²) in [6.07, 6.45) is 0.794. The number of rotatable bonds is 1. The Morgan fingerprint density at radius 3 is 3.11 bits per heavy atom. The minimum absolute atomic E-state index is 0.515. The zero-order chi connectivity index (χ0) is 12.7. The molecular weight excluding hydrogens is 318 g/mol. The van der Waals surface area contributed by atoms with Gasteiger partial charge in [0, 0.05) is 16.5 Å². The molecule has 0 unspecified atom stereocenters. The summed E-state index contributed by atoms with van der Waals surface area (Å²) in [7, 11) is 0. The van der Waals surface area contributed by atoms with Gasteiger partial charge in [-0.05, 0) is 18.2 Å². The van der Waals surface area contributed by atoms with Crippen LogP contribution in [0.15, 0.2) is 22.7 Å². The Kier molecular flexibility index (Phi) is 3.05. The van der Waals surface area contributed by atoms with Gasteiger partial charge in [0.05, 0.1) is 29.6 Å². The Bertz CT molecular complexity index is 612. The molecule has 4 nitrogen and oxygen atoms in total. The van der Waals surface area contributed by atoms with Crippen LogP contribution >= 0.6 is 27.5 Å². The van der Waals surface area contributed by atoms with E-state index < -0.39 is 0 Å². The topological polar surface area (TPSA) is 53.1 Å². The van der Waals surface area contributed by atoms with Gasteiger partial charge in [-0.25, -0.2) is 4.68 Å². The van der Waals surface area contributed by atoms with Crippen molar-refractivity contribution in [2.75, 3.05) is 12.3 Å². The van der Waals surface area contributed by atoms with E-state index in [1.165, 1.54) is 0 Å². The van der Waals surface area contributed by atoms with E-state index in [4.69, 9.17) is 22.1 Å². The van der Waals surface area contributed by atoms with E-state index in [0.29, 0.717) is 24.1 Å². The minimum Gasteiger partial charge on any atom is -0.382 e. The second-order valence-corrected chi connectivity index (χ2v) is 5.44. The molecule has 0 bridgehead atoms. The number of hydrogen-bond acceptors (Lipinski definition) is 3. The van der Waals surface area contributed by atoms with Gasteiger partial charge in [-0.15, -0.1) is 5.10 Å². The number of fused-ring (bicyclic) bond motifs is 1. The molecule has 0 aliphatic carbocycles. The van der Waals surface area contributed by atoms with Crippen LogP contribution in [0.5, 0.6) is 0 Å². The smallest absolute Gasteiger partial charge is 0.151 e. The number of nitrogen functional groups attached to an aromatic ring is 1. The fraction of sp³-hybridized carbons (Fsp3) is 0.250. The Hall–Kier alpha value is -1.04. The lowest BCUT2D eigenvalue weighted by Gasteiger charge is -2.15. The van der Waals surface area contributed by atoms with Crippen LogP contribution < -0.4 is 5.73 Å². The third kappa shape index (κ3) is 1.92. The number of hydrogen-bond donors (Lipinski definition) is 1. The standard InChI is InChI=1S/C12H11BrClN3O/c13-7-1-2-9(14)11(5-7)17-10-3-4-18-6-8(10)12(15)16-17/h1-2,5H,3-4,6H2,(H2,15,16). The number of aromatic nitrogens is 2. The predicted octanol–water partition coefficient (Wildman–Crippen LogP) is 2.94. The van der Waals surface area contributed by atoms with Crippen molar-refractivity contribution in [2.24, 2.45) is 0 Å². The summed E-state index contributed by atoms with van der Waals surface area (Å²) in [4.78, 5) is 0. The van der Waals surface area contributed by atoms with Gasteiger partial charge in [0.25, 0.3) is 0 Å². The van der Waals surface area contributed by atoms with E-state index in [1.807, 2.05) is 22.9 Å². The van der Waals surface area contributed by atoms with Gasteiger partial charge < -0.3 is 10.5 Å². The first-order valence-corrected chi connectivity index (χ1v) is 6.73. The van der Waals surface area contributed by atoms with Crippen molar-refractivity contribution in [2.45, 2.75) is 13.0 Å². The van der Waals surface area contributed by atoms with Gasteiger partial charge in [0.2, 0.25) is 0 Å². The van der Waals surface area contributed by atoms with Crippen LogP contribution in [-0.2, 0) is 17.8 Å². The third-order valence-corrected chi connectivity index (χ3v) is 3.80. The highest BCUT2D eigenvalue weighted by Crippen LogP contribution is 2.30. The molecule has 3 rings (SSSR count). The Morgan fingerprint density at radius 1 is 1.44 bits per heavy atom. The van der Waals surface area contributed by atoms with E-state index in [2.05, 4.69) is 21.0 Å². The molecule has 2 heterocycles. The van der Waals surface area contributed by atoms with Gasteiger partial charge in [0.1, 0.15) is 0 Å². The van der Waals surface area contributed by atoms with Gasteiger partial charge in [-0.2, -0.15) is 0 Å². The highest BCUT2D eigenvalue weighted by molar-refractivity contribution is 9.10. The largest absolute Gasteiger partial charge is 0.382 e. The number of anilines is 1. The Labute approximate surface area is 118 Å². The molecule has 1 aliphatic heterocycles. The predicted molar refractivity (Wildman–Crippen MR) is 74.0 cm³/mol. The molecule has 0 saturated heterocycles. The maximum absolute atomic E-state index is 6.23. The molecule has 2 N–H and O–H groups in total. The average molecular weight is 329 g/mol. The molecule has 18 heavy (non-hydrogen) atoms. The first kappa shape index (κ1) is 12.0. The maximum atomic E-state index is 6.23. The molecule has 1 aliphatic rings. The number of halogens is 2. The van der Waals surface area contributed by atoms with E-state index in [0.717, 1.165) is 27.8 Å². The fourth-order valence-electron chi connectivity index (χ4n) is 2.11. The SMILES string of the molecule is Nc1nn(-c2cc(Br)ccc2Cl)c2c1COCC2. The summed E-state index contributed by atoms with van der Waals surface area (Å²) < 4.78 is 8.18. The molecular formula is C12H11BrClN3O. The lowest BCUT2D eigenvalue weighted by Crippen LogP contribution is -2.13. The van der Waals surface area contributed by atoms with E-state index in [-0.39, 0.29) is 0 Å². The molecule has 0 atom stereocenters. The summed E-state index contributed by atoms with van der Waals surface area (Å²) in [5.41, 5.74) is 8.81. The Morgan fingerprint density at radius 2 is 2.28 bits per heavy atom. The molecule has 94 valence electrons. The first-order chi connectivity index (χ1) is 8.66. The summed E-state index contributed by atoms with van der Waals surface area (Å²) in [6.45, 7) is 1.20. The van der Waals surface area contributed by atoms with Gasteiger partial charge in [-0.1, -0.05) is 27.5 Å². The zero-order valence-electron chi connectivity index (χ0n) is 9.49. The van der Waals surface area contributed by atoms with Crippen LogP contribution in [0.3, 0.4) is 0 Å². The number of ether oxygens (including phenoxy) is 1. The minimum atomic E-state index is 0.515. The quantitative estimate of drug-likeness (QED) is 0.875. The molecule has 6 heteroatoms. The van der Waals surface area contributed by atoms with Crippen molar-refractivity contribution in [1.82, 2.24) is 9.78 Å². The van der Waals surface area contributed by atoms with Crippen molar-refractivity contribution in [1.29, 1.82) is 0 Å². The van der Waals surface area contributed by atoms with Crippen LogP contribution in [-0.4, -0.2) is 16.4 Å². The van der Waals surface area contributed by atoms with Crippen molar-refractivity contribution in [3.05, 3.63) is 39.0 Å². The van der Waals surface area contributed by atoms with Crippen molar-refractivity contribution in [3.63, 3.8) is 0 Å². The highest BCUT2D eigenvalue weighted by Gasteiger charge is 2.21. The molecule has 1 aromatic heterocycles. The lowest BCUT2D eigenvalue weighted by atomic mass is 10.1. The number of benzene rings is 1. The molecule has 0 spiro atoms. The third-order valence-electron chi connectivity index (χ3n) is 2.99. The zero-order valence-corrected chi connectivity index (χ0v) is 11.8. The summed E-state index contributed by atoms with van der Waals surface area (Å²) in [5.74, 6) is 0.515. The monoisotopic (exact) mass is 327 g/mol. The summed E-state index contributed by atoms with van der Waals surface area (Å²) >= 11 is 9.67. The lowest BCUT2D eigenvalue weighted by molar-refractivity contribution is 0.110. The molecule has 0 saturated carbocycles. The fourth-order valence-corrected chi connectivity index (χ4v) is 2.66. The van der Waals surface area contributed by atoms with Crippen molar-refractivity contribution < 1.29 is 4.74 Å². The normalized spacial score (nSPS) is 14.6. The van der Waals surface area contributed by atoms with Crippen molar-refractivity contribution >= 4 is 33.3 Å². The Balaban J connectivity index is 2.20. The van der Waals surface area contributed by atoms with Gasteiger partial charge >= 0.3 is 0 Å². The highest BCUT2D eigenvalue weighted by atomic mass is 79.9. The average Bonchev–Trinajstić information content (AvgIpc) is 2.71. The second-order valence-electron chi connectivity index (χ2n) is 4.12. The van der Waals surface area contributed by atoms with E-state index >= 15 is 0 Å². The molecule has 1 aromatic carbocycles. The van der Waals surface area contributed by atoms with Crippen LogP contribution in [0.1, 0.15) is 11.3 Å². The summed E-state index contributed by atoms with van der Waals surface area (Å²) in [5, 5.41) is 5.02. The molecule has 0 fully saturated rings. The van der Waals surface area contributed by atoms with Crippen molar-refractivity contribution in [3.8, 4) is 5.69 Å². The van der Waals surface area contributed by atoms with Gasteiger partial charge in [0.15, 0.2) is 5.82 Å². The molecule has 0 amide bonds. The van der Waals surface area contributed by atoms with Crippen LogP contribution in [0.4, 0.5) is 5.82 Å². The second kappa shape index (κ2) is 4.57. The molecule has 0 radical (unpaired) electrons. The maximum Gasteiger partial charge on any atom is 0.151 e. The number of nitrogens with two attached hydrogens (primary N) is 1.